The molecule has 6 rings (SSSR count). The predicted octanol–water partition coefficient (Wildman–Crippen LogP) is 2.00. The summed E-state index contributed by atoms with van der Waals surface area (Å²) >= 11 is 0. The third-order valence-electron chi connectivity index (χ3n) is 7.73. The number of aromatic nitrogens is 2. The summed E-state index contributed by atoms with van der Waals surface area (Å²) in [6.07, 6.45) is 2.07. The molecular formula is C26H28N4O4. The lowest BCUT2D eigenvalue weighted by Crippen LogP contribution is -2.44. The molecule has 1 saturated heterocycles. The number of piperidine rings is 1. The van der Waals surface area contributed by atoms with Gasteiger partial charge in [0.15, 0.2) is 5.60 Å². The molecule has 1 fully saturated rings. The van der Waals surface area contributed by atoms with Crippen LogP contribution in [0, 0.1) is 0 Å². The molecule has 176 valence electrons. The topological polar surface area (TPSA) is 111 Å². The Morgan fingerprint density at radius 3 is 2.74 bits per heavy atom. The van der Waals surface area contributed by atoms with E-state index in [1.54, 1.807) is 17.6 Å². The van der Waals surface area contributed by atoms with Crippen molar-refractivity contribution in [2.75, 3.05) is 13.1 Å². The third kappa shape index (κ3) is 3.06. The van der Waals surface area contributed by atoms with Crippen LogP contribution in [-0.4, -0.2) is 44.7 Å². The van der Waals surface area contributed by atoms with Gasteiger partial charge in [0.05, 0.1) is 29.0 Å². The minimum absolute atomic E-state index is 0.123. The summed E-state index contributed by atoms with van der Waals surface area (Å²) in [6.45, 7) is 4.65. The Morgan fingerprint density at radius 1 is 1.21 bits per heavy atom. The second kappa shape index (κ2) is 7.73. The largest absolute Gasteiger partial charge is 0.458 e. The Morgan fingerprint density at radius 2 is 1.97 bits per heavy atom. The molecule has 1 atom stereocenters. The van der Waals surface area contributed by atoms with Crippen molar-refractivity contribution in [1.82, 2.24) is 14.5 Å². The van der Waals surface area contributed by atoms with E-state index in [1.807, 2.05) is 18.2 Å². The highest BCUT2D eigenvalue weighted by Gasteiger charge is 2.45. The highest BCUT2D eigenvalue weighted by molar-refractivity contribution is 5.89. The molecule has 3 aliphatic rings. The number of cyclic esters (lactones) is 1. The molecule has 0 unspecified atom stereocenters. The second-order valence-electron chi connectivity index (χ2n) is 9.65. The van der Waals surface area contributed by atoms with Gasteiger partial charge in [-0.25, -0.2) is 9.78 Å². The number of nitrogens with two attached hydrogens (primary N) is 1. The number of benzene rings is 1. The van der Waals surface area contributed by atoms with Gasteiger partial charge in [0.1, 0.15) is 6.61 Å². The lowest BCUT2D eigenvalue weighted by Gasteiger charge is -2.31. The maximum absolute atomic E-state index is 13.5. The smallest absolute Gasteiger partial charge is 0.343 e. The molecule has 0 bridgehead atoms. The lowest BCUT2D eigenvalue weighted by molar-refractivity contribution is -0.172. The molecule has 0 aliphatic carbocycles. The van der Waals surface area contributed by atoms with Crippen LogP contribution in [0.2, 0.25) is 0 Å². The summed E-state index contributed by atoms with van der Waals surface area (Å²) in [7, 11) is 0. The average Bonchev–Trinajstić information content (AvgIpc) is 3.22. The Balaban J connectivity index is 1.54. The number of pyridine rings is 2. The number of para-hydroxylation sites is 1. The van der Waals surface area contributed by atoms with Gasteiger partial charge in [0.2, 0.25) is 0 Å². The van der Waals surface area contributed by atoms with E-state index in [9.17, 15) is 14.7 Å². The summed E-state index contributed by atoms with van der Waals surface area (Å²) in [6, 6.07) is 10.1. The van der Waals surface area contributed by atoms with Crippen LogP contribution in [0.25, 0.3) is 22.3 Å². The lowest BCUT2D eigenvalue weighted by atomic mass is 9.86. The Labute approximate surface area is 197 Å². The molecule has 5 heterocycles. The summed E-state index contributed by atoms with van der Waals surface area (Å²) in [5.74, 6) is -0.708. The Kier molecular flexibility index (Phi) is 4.88. The molecule has 3 aromatic rings. The van der Waals surface area contributed by atoms with Gasteiger partial charge < -0.3 is 20.1 Å². The molecule has 8 heteroatoms. The molecule has 0 spiro atoms. The van der Waals surface area contributed by atoms with Gasteiger partial charge in [-0.15, -0.1) is 0 Å². The summed E-state index contributed by atoms with van der Waals surface area (Å²) < 4.78 is 6.90. The predicted molar refractivity (Wildman–Crippen MR) is 127 cm³/mol. The fourth-order valence-corrected chi connectivity index (χ4v) is 5.63. The zero-order valence-corrected chi connectivity index (χ0v) is 19.2. The zero-order valence-electron chi connectivity index (χ0n) is 19.2. The maximum Gasteiger partial charge on any atom is 0.343 e. The summed E-state index contributed by atoms with van der Waals surface area (Å²) in [4.78, 5) is 33.3. The minimum atomic E-state index is -1.82. The molecule has 0 radical (unpaired) electrons. The van der Waals surface area contributed by atoms with Gasteiger partial charge in [-0.3, -0.25) is 9.69 Å². The van der Waals surface area contributed by atoms with Crippen LogP contribution in [0.4, 0.5) is 0 Å². The van der Waals surface area contributed by atoms with Crippen LogP contribution in [0.5, 0.6) is 0 Å². The molecule has 3 N–H and O–H groups in total. The number of aliphatic hydroxyl groups is 1. The van der Waals surface area contributed by atoms with E-state index >= 15 is 0 Å². The van der Waals surface area contributed by atoms with Crippen molar-refractivity contribution in [2.45, 2.75) is 57.5 Å². The molecule has 1 aromatic carbocycles. The number of fused-ring (bicyclic) bond motifs is 5. The Bertz CT molecular complexity index is 1390. The molecule has 0 saturated carbocycles. The highest BCUT2D eigenvalue weighted by Crippen LogP contribution is 2.40. The van der Waals surface area contributed by atoms with E-state index in [1.165, 1.54) is 5.56 Å². The van der Waals surface area contributed by atoms with E-state index < -0.39 is 11.6 Å². The third-order valence-corrected chi connectivity index (χ3v) is 7.73. The number of carbonyl (C=O) groups is 1. The SMILES string of the molecule is CC[C@@]1(O)C(=O)OCc2c1cc1n(c2=O)Cc2c-1nc1ccccc1c2CN1CCC(N)CC1. The monoisotopic (exact) mass is 460 g/mol. The van der Waals surface area contributed by atoms with Crippen LogP contribution in [0.15, 0.2) is 35.1 Å². The molecule has 0 amide bonds. The van der Waals surface area contributed by atoms with Gasteiger partial charge in [-0.05, 0) is 50.0 Å². The van der Waals surface area contributed by atoms with Gasteiger partial charge in [-0.1, -0.05) is 25.1 Å². The number of nitrogens with zero attached hydrogens (tertiary/aromatic N) is 3. The van der Waals surface area contributed by atoms with E-state index in [0.717, 1.165) is 54.6 Å². The van der Waals surface area contributed by atoms with Gasteiger partial charge >= 0.3 is 5.97 Å². The van der Waals surface area contributed by atoms with Crippen LogP contribution in [0.3, 0.4) is 0 Å². The first-order valence-electron chi connectivity index (χ1n) is 12.0. The number of carbonyl (C=O) groups excluding carboxylic acids is 1. The van der Waals surface area contributed by atoms with Gasteiger partial charge in [0.25, 0.3) is 5.56 Å². The van der Waals surface area contributed by atoms with Crippen LogP contribution >= 0.6 is 0 Å². The fraction of sp³-hybridized carbons (Fsp3) is 0.423. The first-order valence-corrected chi connectivity index (χ1v) is 12.0. The second-order valence-corrected chi connectivity index (χ2v) is 9.65. The van der Waals surface area contributed by atoms with Crippen molar-refractivity contribution < 1.29 is 14.6 Å². The van der Waals surface area contributed by atoms with Crippen molar-refractivity contribution in [2.24, 2.45) is 5.73 Å². The molecule has 34 heavy (non-hydrogen) atoms. The van der Waals surface area contributed by atoms with E-state index in [4.69, 9.17) is 15.5 Å². The summed E-state index contributed by atoms with van der Waals surface area (Å²) in [5, 5.41) is 12.2. The highest BCUT2D eigenvalue weighted by atomic mass is 16.6. The van der Waals surface area contributed by atoms with Crippen molar-refractivity contribution in [1.29, 1.82) is 0 Å². The zero-order chi connectivity index (χ0) is 23.6. The fourth-order valence-electron chi connectivity index (χ4n) is 5.63. The molecule has 2 aromatic heterocycles. The molecule has 8 nitrogen and oxygen atoms in total. The average molecular weight is 461 g/mol. The minimum Gasteiger partial charge on any atom is -0.458 e. The quantitative estimate of drug-likeness (QED) is 0.450. The van der Waals surface area contributed by atoms with Crippen molar-refractivity contribution >= 4 is 16.9 Å². The molecular weight excluding hydrogens is 432 g/mol. The number of esters is 1. The van der Waals surface area contributed by atoms with E-state index in [0.29, 0.717) is 23.4 Å². The van der Waals surface area contributed by atoms with Crippen LogP contribution < -0.4 is 11.3 Å². The first-order chi connectivity index (χ1) is 16.4. The number of likely N-dealkylation sites (tertiary alicyclic amines) is 1. The number of hydrogen-bond donors (Lipinski definition) is 2. The van der Waals surface area contributed by atoms with Gasteiger partial charge in [-0.2, -0.15) is 0 Å². The molecule has 3 aliphatic heterocycles. The van der Waals surface area contributed by atoms with Crippen LogP contribution in [-0.2, 0) is 34.8 Å². The standard InChI is InChI=1S/C26H28N4O4/c1-2-26(33)20-11-22-23-18(13-30(22)24(31)19(20)14-34-25(26)32)17(12-29-9-7-15(27)8-10-29)16-5-3-4-6-21(16)28-23/h3-6,11,15,33H,2,7-10,12-14,27H2,1H3/t26-/m0/s1. The summed E-state index contributed by atoms with van der Waals surface area (Å²) in [5.41, 5.74) is 9.22. The van der Waals surface area contributed by atoms with E-state index in [-0.39, 0.29) is 24.6 Å². The number of hydrogen-bond acceptors (Lipinski definition) is 7. The Hall–Kier alpha value is -3.07. The van der Waals surface area contributed by atoms with Crippen molar-refractivity contribution in [3.8, 4) is 11.4 Å². The number of rotatable bonds is 3. The number of ether oxygens (including phenoxy) is 1. The maximum atomic E-state index is 13.5. The van der Waals surface area contributed by atoms with Crippen LogP contribution in [0.1, 0.15) is 48.4 Å². The van der Waals surface area contributed by atoms with E-state index in [2.05, 4.69) is 11.0 Å². The first kappa shape index (κ1) is 21.5. The van der Waals surface area contributed by atoms with Crippen molar-refractivity contribution in [3.63, 3.8) is 0 Å². The van der Waals surface area contributed by atoms with Gasteiger partial charge in [0, 0.05) is 29.1 Å². The normalized spacial score (nSPS) is 22.4. The van der Waals surface area contributed by atoms with Crippen molar-refractivity contribution in [3.05, 3.63) is 62.9 Å².